The highest BCUT2D eigenvalue weighted by Gasteiger charge is 2.14. The van der Waals surface area contributed by atoms with E-state index in [2.05, 4.69) is 9.97 Å². The van der Waals surface area contributed by atoms with E-state index in [1.165, 1.54) is 0 Å². The van der Waals surface area contributed by atoms with E-state index >= 15 is 0 Å². The lowest BCUT2D eigenvalue weighted by Crippen LogP contribution is -2.13. The van der Waals surface area contributed by atoms with Crippen molar-refractivity contribution < 1.29 is 9.15 Å². The largest absolute Gasteiger partial charge is 0.478 e. The second-order valence-electron chi connectivity index (χ2n) is 5.07. The molecule has 3 aromatic rings. The third-order valence-corrected chi connectivity index (χ3v) is 4.14. The Morgan fingerprint density at radius 1 is 1.30 bits per heavy atom. The normalized spacial score (nSPS) is 11.1. The lowest BCUT2D eigenvalue weighted by molar-refractivity contribution is 0.263. The number of pyridine rings is 1. The molecular weight excluding hydrogens is 339 g/mol. The number of H-pyrrole nitrogens is 1. The summed E-state index contributed by atoms with van der Waals surface area (Å²) in [5.74, 6) is 0.528. The predicted molar refractivity (Wildman–Crippen MR) is 89.5 cm³/mol. The van der Waals surface area contributed by atoms with E-state index in [0.717, 1.165) is 17.7 Å². The first kappa shape index (κ1) is 15.9. The van der Waals surface area contributed by atoms with Gasteiger partial charge < -0.3 is 14.1 Å². The first-order chi connectivity index (χ1) is 11.0. The van der Waals surface area contributed by atoms with Crippen molar-refractivity contribution in [1.82, 2.24) is 9.97 Å². The number of oxazole rings is 1. The van der Waals surface area contributed by atoms with Gasteiger partial charge in [-0.15, -0.1) is 0 Å². The maximum absolute atomic E-state index is 11.9. The summed E-state index contributed by atoms with van der Waals surface area (Å²) in [5.41, 5.74) is 2.45. The van der Waals surface area contributed by atoms with Gasteiger partial charge in [0.1, 0.15) is 5.52 Å². The Morgan fingerprint density at radius 3 is 2.74 bits per heavy atom. The molecular formula is C16H14Cl2N2O3. The van der Waals surface area contributed by atoms with Crippen molar-refractivity contribution in [2.45, 2.75) is 26.9 Å². The average Bonchev–Trinajstić information content (AvgIpc) is 2.96. The number of nitrogens with one attached hydrogen (secondary N) is 1. The van der Waals surface area contributed by atoms with Crippen molar-refractivity contribution in [3.05, 3.63) is 55.7 Å². The van der Waals surface area contributed by atoms with E-state index in [1.54, 1.807) is 18.2 Å². The molecule has 0 unspecified atom stereocenters. The Bertz CT molecular complexity index is 892. The number of aromatic amines is 1. The Morgan fingerprint density at radius 2 is 2.04 bits per heavy atom. The summed E-state index contributed by atoms with van der Waals surface area (Å²) in [6.07, 6.45) is 0.799. The molecule has 2 heterocycles. The van der Waals surface area contributed by atoms with Gasteiger partial charge in [-0.3, -0.25) is 4.79 Å². The van der Waals surface area contributed by atoms with Gasteiger partial charge in [-0.25, -0.2) is 4.98 Å². The van der Waals surface area contributed by atoms with Gasteiger partial charge in [0, 0.05) is 5.69 Å². The predicted octanol–water partition coefficient (Wildman–Crippen LogP) is 4.27. The number of hydrogen-bond donors (Lipinski definition) is 1. The van der Waals surface area contributed by atoms with Crippen molar-refractivity contribution in [2.24, 2.45) is 0 Å². The number of ether oxygens (including phenoxy) is 1. The highest BCUT2D eigenvalue weighted by Crippen LogP contribution is 2.30. The number of hydrogen-bond acceptors (Lipinski definition) is 4. The van der Waals surface area contributed by atoms with E-state index in [1.807, 2.05) is 13.8 Å². The highest BCUT2D eigenvalue weighted by molar-refractivity contribution is 6.39. The molecule has 0 aliphatic heterocycles. The summed E-state index contributed by atoms with van der Waals surface area (Å²) in [5, 5.41) is 0.866. The van der Waals surface area contributed by atoms with E-state index in [4.69, 9.17) is 32.4 Å². The molecule has 0 atom stereocenters. The second kappa shape index (κ2) is 6.26. The molecule has 0 spiro atoms. The van der Waals surface area contributed by atoms with Crippen LogP contribution >= 0.6 is 23.2 Å². The number of aromatic nitrogens is 2. The SMILES string of the molecule is CCc1cc(OCc2nc3c(Cl)ccc(Cl)c3o2)c(=O)[nH]c1C. The molecule has 0 radical (unpaired) electrons. The average molecular weight is 353 g/mol. The highest BCUT2D eigenvalue weighted by atomic mass is 35.5. The molecule has 0 fully saturated rings. The van der Waals surface area contributed by atoms with E-state index in [-0.39, 0.29) is 17.9 Å². The zero-order valence-electron chi connectivity index (χ0n) is 12.6. The summed E-state index contributed by atoms with van der Waals surface area (Å²) in [7, 11) is 0. The first-order valence-electron chi connectivity index (χ1n) is 7.08. The Balaban J connectivity index is 1.88. The molecule has 5 nitrogen and oxygen atoms in total. The van der Waals surface area contributed by atoms with Crippen LogP contribution in [0, 0.1) is 6.92 Å². The second-order valence-corrected chi connectivity index (χ2v) is 5.88. The van der Waals surface area contributed by atoms with Crippen LogP contribution in [0.4, 0.5) is 0 Å². The van der Waals surface area contributed by atoms with Crippen molar-refractivity contribution >= 4 is 34.3 Å². The third-order valence-electron chi connectivity index (χ3n) is 3.53. The van der Waals surface area contributed by atoms with Crippen LogP contribution in [-0.2, 0) is 13.0 Å². The van der Waals surface area contributed by atoms with Crippen LogP contribution in [0.2, 0.25) is 10.0 Å². The lowest BCUT2D eigenvalue weighted by Gasteiger charge is -2.07. The minimum Gasteiger partial charge on any atom is -0.478 e. The topological polar surface area (TPSA) is 68.1 Å². The van der Waals surface area contributed by atoms with Crippen LogP contribution in [0.3, 0.4) is 0 Å². The smallest absolute Gasteiger partial charge is 0.290 e. The van der Waals surface area contributed by atoms with Gasteiger partial charge in [0.05, 0.1) is 10.0 Å². The molecule has 0 amide bonds. The van der Waals surface area contributed by atoms with E-state index in [9.17, 15) is 4.79 Å². The van der Waals surface area contributed by atoms with Crippen molar-refractivity contribution in [3.8, 4) is 5.75 Å². The number of benzene rings is 1. The summed E-state index contributed by atoms with van der Waals surface area (Å²) >= 11 is 12.1. The molecule has 3 rings (SSSR count). The molecule has 0 aliphatic carbocycles. The lowest BCUT2D eigenvalue weighted by atomic mass is 10.1. The number of rotatable bonds is 4. The Labute approximate surface area is 142 Å². The van der Waals surface area contributed by atoms with Crippen LogP contribution in [0.5, 0.6) is 5.75 Å². The Kier molecular flexibility index (Phi) is 4.33. The van der Waals surface area contributed by atoms with E-state index < -0.39 is 0 Å². The summed E-state index contributed by atoms with van der Waals surface area (Å²) in [6.45, 7) is 3.88. The van der Waals surface area contributed by atoms with Crippen molar-refractivity contribution in [2.75, 3.05) is 0 Å². The monoisotopic (exact) mass is 352 g/mol. The molecule has 120 valence electrons. The Hall–Kier alpha value is -1.98. The quantitative estimate of drug-likeness (QED) is 0.760. The molecule has 0 aliphatic rings. The van der Waals surface area contributed by atoms with Gasteiger partial charge in [-0.05, 0) is 37.1 Å². The summed E-state index contributed by atoms with van der Waals surface area (Å²) in [6, 6.07) is 5.02. The van der Waals surface area contributed by atoms with Crippen LogP contribution in [0.1, 0.15) is 24.1 Å². The minimum absolute atomic E-state index is 0.0105. The van der Waals surface area contributed by atoms with Crippen LogP contribution in [0.25, 0.3) is 11.1 Å². The van der Waals surface area contributed by atoms with Gasteiger partial charge in [0.15, 0.2) is 17.9 Å². The fourth-order valence-corrected chi connectivity index (χ4v) is 2.69. The van der Waals surface area contributed by atoms with Gasteiger partial charge >= 0.3 is 0 Å². The maximum atomic E-state index is 11.9. The molecule has 1 N–H and O–H groups in total. The summed E-state index contributed by atoms with van der Waals surface area (Å²) in [4.78, 5) is 19.0. The zero-order chi connectivity index (χ0) is 16.6. The van der Waals surface area contributed by atoms with Crippen LogP contribution in [-0.4, -0.2) is 9.97 Å². The van der Waals surface area contributed by atoms with E-state index in [0.29, 0.717) is 27.0 Å². The van der Waals surface area contributed by atoms with Crippen molar-refractivity contribution in [3.63, 3.8) is 0 Å². The van der Waals surface area contributed by atoms with Crippen LogP contribution < -0.4 is 10.3 Å². The molecule has 0 saturated carbocycles. The summed E-state index contributed by atoms with van der Waals surface area (Å²) < 4.78 is 11.1. The number of fused-ring (bicyclic) bond motifs is 1. The van der Waals surface area contributed by atoms with Gasteiger partial charge in [0.2, 0.25) is 5.89 Å². The molecule has 1 aromatic carbocycles. The molecule has 23 heavy (non-hydrogen) atoms. The maximum Gasteiger partial charge on any atom is 0.290 e. The van der Waals surface area contributed by atoms with Crippen LogP contribution in [0.15, 0.2) is 27.4 Å². The first-order valence-corrected chi connectivity index (χ1v) is 7.84. The van der Waals surface area contributed by atoms with Gasteiger partial charge in [-0.1, -0.05) is 30.1 Å². The van der Waals surface area contributed by atoms with Gasteiger partial charge in [-0.2, -0.15) is 0 Å². The number of halogens is 2. The molecule has 7 heteroatoms. The van der Waals surface area contributed by atoms with Gasteiger partial charge in [0.25, 0.3) is 5.56 Å². The third kappa shape index (κ3) is 3.07. The fraction of sp³-hybridized carbons (Fsp3) is 0.250. The zero-order valence-corrected chi connectivity index (χ0v) is 14.1. The van der Waals surface area contributed by atoms with Crippen molar-refractivity contribution in [1.29, 1.82) is 0 Å². The standard InChI is InChI=1S/C16H14Cl2N2O3/c1-3-9-6-12(16(21)19-8(9)2)22-7-13-20-14-10(17)4-5-11(18)15(14)23-13/h4-6H,3,7H2,1-2H3,(H,19,21). The molecule has 2 aromatic heterocycles. The molecule has 0 saturated heterocycles. The number of aryl methyl sites for hydroxylation is 2. The molecule has 0 bridgehead atoms. The minimum atomic E-state index is -0.285. The fourth-order valence-electron chi connectivity index (χ4n) is 2.31. The number of nitrogens with zero attached hydrogens (tertiary/aromatic N) is 1.